The van der Waals surface area contributed by atoms with E-state index in [1.165, 1.54) is 12.1 Å². The number of nitrogens with one attached hydrogen (secondary N) is 1. The summed E-state index contributed by atoms with van der Waals surface area (Å²) in [5.74, 6) is 0. The summed E-state index contributed by atoms with van der Waals surface area (Å²) >= 11 is 0. The fourth-order valence-corrected chi connectivity index (χ4v) is 0.837. The van der Waals surface area contributed by atoms with Gasteiger partial charge in [-0.2, -0.15) is 0 Å². The van der Waals surface area contributed by atoms with E-state index in [0.717, 1.165) is 0 Å². The minimum absolute atomic E-state index is 0.205. The largest absolute Gasteiger partial charge is 0.576 e. The molecule has 81 valence electrons. The topological polar surface area (TPSA) is 38.3 Å². The molecule has 1 N–H and O–H groups in total. The SMILES string of the molecule is [CH2]c1ccc(NC(=O)OC(F)(F)F)cc1. The molecule has 1 aromatic carbocycles. The van der Waals surface area contributed by atoms with E-state index in [4.69, 9.17) is 0 Å². The van der Waals surface area contributed by atoms with Gasteiger partial charge in [0.1, 0.15) is 0 Å². The third kappa shape index (κ3) is 4.35. The van der Waals surface area contributed by atoms with E-state index in [-0.39, 0.29) is 5.69 Å². The van der Waals surface area contributed by atoms with Gasteiger partial charge >= 0.3 is 12.5 Å². The maximum Gasteiger partial charge on any atom is 0.576 e. The number of alkyl halides is 3. The first kappa shape index (κ1) is 11.4. The molecule has 1 amide bonds. The standard InChI is InChI=1S/C9H7F3NO2/c1-6-2-4-7(5-3-6)13-8(14)15-9(10,11)12/h2-5H,1H2,(H,13,14). The van der Waals surface area contributed by atoms with Crippen LogP contribution in [0.25, 0.3) is 0 Å². The zero-order chi connectivity index (χ0) is 11.5. The molecule has 0 heterocycles. The molecule has 1 rings (SSSR count). The van der Waals surface area contributed by atoms with Crippen molar-refractivity contribution >= 4 is 11.8 Å². The van der Waals surface area contributed by atoms with Crippen molar-refractivity contribution in [2.24, 2.45) is 0 Å². The molecule has 3 nitrogen and oxygen atoms in total. The van der Waals surface area contributed by atoms with Gasteiger partial charge in [0, 0.05) is 5.69 Å². The van der Waals surface area contributed by atoms with Gasteiger partial charge < -0.3 is 4.74 Å². The van der Waals surface area contributed by atoms with Crippen molar-refractivity contribution in [3.05, 3.63) is 36.8 Å². The second kappa shape index (κ2) is 4.20. The van der Waals surface area contributed by atoms with Crippen molar-refractivity contribution in [2.45, 2.75) is 6.36 Å². The van der Waals surface area contributed by atoms with E-state index < -0.39 is 12.5 Å². The molecule has 0 atom stereocenters. The number of ether oxygens (including phenoxy) is 1. The number of anilines is 1. The molecule has 0 spiro atoms. The van der Waals surface area contributed by atoms with Crippen molar-refractivity contribution in [2.75, 3.05) is 5.32 Å². The van der Waals surface area contributed by atoms with Gasteiger partial charge in [-0.3, -0.25) is 5.32 Å². The average molecular weight is 218 g/mol. The fraction of sp³-hybridized carbons (Fsp3) is 0.111. The smallest absolute Gasteiger partial charge is 0.356 e. The lowest BCUT2D eigenvalue weighted by Gasteiger charge is -2.08. The van der Waals surface area contributed by atoms with Crippen LogP contribution >= 0.6 is 0 Å². The number of hydrogen-bond acceptors (Lipinski definition) is 2. The van der Waals surface area contributed by atoms with Crippen LogP contribution in [0.4, 0.5) is 23.7 Å². The van der Waals surface area contributed by atoms with Gasteiger partial charge in [0.15, 0.2) is 0 Å². The van der Waals surface area contributed by atoms with Gasteiger partial charge in [-0.05, 0) is 24.6 Å². The summed E-state index contributed by atoms with van der Waals surface area (Å²) in [6, 6.07) is 5.92. The summed E-state index contributed by atoms with van der Waals surface area (Å²) in [4.78, 5) is 10.6. The molecule has 0 saturated heterocycles. The van der Waals surface area contributed by atoms with Crippen LogP contribution in [0.15, 0.2) is 24.3 Å². The summed E-state index contributed by atoms with van der Waals surface area (Å²) in [7, 11) is 0. The molecular weight excluding hydrogens is 211 g/mol. The Hall–Kier alpha value is -1.72. The first-order chi connectivity index (χ1) is 6.87. The lowest BCUT2D eigenvalue weighted by molar-refractivity contribution is -0.289. The molecule has 0 saturated carbocycles. The lowest BCUT2D eigenvalue weighted by atomic mass is 10.2. The van der Waals surface area contributed by atoms with E-state index >= 15 is 0 Å². The highest BCUT2D eigenvalue weighted by Crippen LogP contribution is 2.17. The summed E-state index contributed by atoms with van der Waals surface area (Å²) in [6.07, 6.45) is -6.55. The first-order valence-corrected chi connectivity index (χ1v) is 3.85. The maximum atomic E-state index is 11.6. The predicted octanol–water partition coefficient (Wildman–Crippen LogP) is 2.94. The second-order valence-electron chi connectivity index (χ2n) is 2.66. The minimum Gasteiger partial charge on any atom is -0.356 e. The van der Waals surface area contributed by atoms with Gasteiger partial charge in [0.2, 0.25) is 0 Å². The summed E-state index contributed by atoms with van der Waals surface area (Å²) in [5.41, 5.74) is 0.890. The normalized spacial score (nSPS) is 10.9. The Kier molecular flexibility index (Phi) is 3.18. The van der Waals surface area contributed by atoms with Crippen molar-refractivity contribution in [1.29, 1.82) is 0 Å². The van der Waals surface area contributed by atoms with Crippen LogP contribution in [0.2, 0.25) is 0 Å². The molecule has 0 fully saturated rings. The molecule has 0 aromatic heterocycles. The molecular formula is C9H7F3NO2. The number of carbonyl (C=O) groups excluding carboxylic acids is 1. The first-order valence-electron chi connectivity index (χ1n) is 3.85. The van der Waals surface area contributed by atoms with Crippen molar-refractivity contribution in [3.63, 3.8) is 0 Å². The van der Waals surface area contributed by atoms with Crippen LogP contribution in [0.3, 0.4) is 0 Å². The van der Waals surface area contributed by atoms with Gasteiger partial charge in [0.05, 0.1) is 0 Å². The Labute approximate surface area is 83.8 Å². The van der Waals surface area contributed by atoms with Crippen molar-refractivity contribution in [1.82, 2.24) is 0 Å². The van der Waals surface area contributed by atoms with E-state index in [2.05, 4.69) is 11.7 Å². The number of amides is 1. The highest BCUT2D eigenvalue weighted by atomic mass is 19.4. The Bertz CT molecular complexity index is 345. The van der Waals surface area contributed by atoms with Gasteiger partial charge in [0.25, 0.3) is 0 Å². The molecule has 6 heteroatoms. The molecule has 0 aliphatic heterocycles. The zero-order valence-electron chi connectivity index (χ0n) is 7.47. The number of rotatable bonds is 1. The molecule has 1 aromatic rings. The molecule has 0 aliphatic carbocycles. The second-order valence-corrected chi connectivity index (χ2v) is 2.66. The van der Waals surface area contributed by atoms with E-state index in [1.54, 1.807) is 12.1 Å². The Morgan fingerprint density at radius 3 is 2.27 bits per heavy atom. The lowest BCUT2D eigenvalue weighted by Crippen LogP contribution is -2.23. The van der Waals surface area contributed by atoms with Crippen molar-refractivity contribution < 1.29 is 22.7 Å². The van der Waals surface area contributed by atoms with E-state index in [0.29, 0.717) is 5.56 Å². The summed E-state index contributed by atoms with van der Waals surface area (Å²) in [5, 5.41) is 1.92. The minimum atomic E-state index is -4.98. The fourth-order valence-electron chi connectivity index (χ4n) is 0.837. The number of hydrogen-bond donors (Lipinski definition) is 1. The van der Waals surface area contributed by atoms with Gasteiger partial charge in [-0.15, -0.1) is 13.2 Å². The quantitative estimate of drug-likeness (QED) is 0.786. The highest BCUT2D eigenvalue weighted by Gasteiger charge is 2.33. The third-order valence-corrected chi connectivity index (χ3v) is 1.41. The Balaban J connectivity index is 2.55. The summed E-state index contributed by atoms with van der Waals surface area (Å²) < 4.78 is 37.8. The van der Waals surface area contributed by atoms with E-state index in [9.17, 15) is 18.0 Å². The molecule has 0 unspecified atom stereocenters. The molecule has 0 aliphatic rings. The molecule has 1 radical (unpaired) electrons. The van der Waals surface area contributed by atoms with E-state index in [1.807, 2.05) is 5.32 Å². The zero-order valence-corrected chi connectivity index (χ0v) is 7.47. The van der Waals surface area contributed by atoms with Crippen LogP contribution in [-0.4, -0.2) is 12.5 Å². The molecule has 15 heavy (non-hydrogen) atoms. The third-order valence-electron chi connectivity index (χ3n) is 1.41. The maximum absolute atomic E-state index is 11.6. The van der Waals surface area contributed by atoms with Gasteiger partial charge in [-0.1, -0.05) is 12.1 Å². The number of carbonyl (C=O) groups is 1. The number of benzene rings is 1. The average Bonchev–Trinajstić information content (AvgIpc) is 2.05. The Morgan fingerprint density at radius 2 is 1.80 bits per heavy atom. The monoisotopic (exact) mass is 218 g/mol. The molecule has 0 bridgehead atoms. The van der Waals surface area contributed by atoms with Gasteiger partial charge in [-0.25, -0.2) is 4.79 Å². The summed E-state index contributed by atoms with van der Waals surface area (Å²) in [6.45, 7) is 3.58. The van der Waals surface area contributed by atoms with Crippen LogP contribution < -0.4 is 5.32 Å². The van der Waals surface area contributed by atoms with Crippen molar-refractivity contribution in [3.8, 4) is 0 Å². The highest BCUT2D eigenvalue weighted by molar-refractivity contribution is 5.84. The Morgan fingerprint density at radius 1 is 1.27 bits per heavy atom. The van der Waals surface area contributed by atoms with Crippen LogP contribution in [0, 0.1) is 6.92 Å². The van der Waals surface area contributed by atoms with Crippen LogP contribution in [0.5, 0.6) is 0 Å². The number of halogens is 3. The van der Waals surface area contributed by atoms with Crippen LogP contribution in [0.1, 0.15) is 5.56 Å². The predicted molar refractivity (Wildman–Crippen MR) is 47.1 cm³/mol. The van der Waals surface area contributed by atoms with Crippen LogP contribution in [-0.2, 0) is 4.74 Å².